The molecule has 0 unspecified atom stereocenters. The number of benzene rings is 1. The number of nitrogens with one attached hydrogen (secondary N) is 2. The molecule has 3 N–H and O–H groups in total. The van der Waals surface area contributed by atoms with E-state index < -0.39 is 11.5 Å². The summed E-state index contributed by atoms with van der Waals surface area (Å²) < 4.78 is 10.9. The lowest BCUT2D eigenvalue weighted by atomic mass is 10.2. The maximum Gasteiger partial charge on any atom is 0.265 e. The number of aromatic nitrogens is 1. The third-order valence-electron chi connectivity index (χ3n) is 3.45. The molecule has 23 heavy (non-hydrogen) atoms. The number of rotatable bonds is 2. The van der Waals surface area contributed by atoms with Crippen molar-refractivity contribution in [2.75, 3.05) is 12.1 Å². The van der Waals surface area contributed by atoms with Gasteiger partial charge in [-0.15, -0.1) is 11.3 Å². The number of hydrogen-bond acceptors (Lipinski definition) is 6. The van der Waals surface area contributed by atoms with Gasteiger partial charge in [0.25, 0.3) is 11.5 Å². The quantitative estimate of drug-likeness (QED) is 0.669. The molecule has 0 saturated heterocycles. The molecule has 7 nitrogen and oxygen atoms in total. The first-order valence-electron chi connectivity index (χ1n) is 6.67. The van der Waals surface area contributed by atoms with Crippen molar-refractivity contribution in [1.82, 2.24) is 4.98 Å². The topological polar surface area (TPSA) is 101 Å². The smallest absolute Gasteiger partial charge is 0.265 e. The van der Waals surface area contributed by atoms with Crippen molar-refractivity contribution in [3.8, 4) is 17.2 Å². The maximum absolute atomic E-state index is 12.4. The van der Waals surface area contributed by atoms with E-state index in [9.17, 15) is 14.7 Å². The van der Waals surface area contributed by atoms with Crippen LogP contribution in [-0.4, -0.2) is 22.8 Å². The zero-order chi connectivity index (χ0) is 16.0. The number of amides is 1. The van der Waals surface area contributed by atoms with Gasteiger partial charge in [0.1, 0.15) is 5.56 Å². The van der Waals surface area contributed by atoms with Gasteiger partial charge >= 0.3 is 0 Å². The summed E-state index contributed by atoms with van der Waals surface area (Å²) in [6, 6.07) is 6.54. The molecule has 4 rings (SSSR count). The second kappa shape index (κ2) is 5.03. The number of thiophene rings is 1. The number of ether oxygens (including phenoxy) is 2. The molecule has 3 heterocycles. The summed E-state index contributed by atoms with van der Waals surface area (Å²) in [5.41, 5.74) is -0.0364. The van der Waals surface area contributed by atoms with Gasteiger partial charge < -0.3 is 24.9 Å². The van der Waals surface area contributed by atoms with Gasteiger partial charge in [0.15, 0.2) is 17.2 Å². The number of anilines is 1. The highest BCUT2D eigenvalue weighted by atomic mass is 32.1. The van der Waals surface area contributed by atoms with Crippen LogP contribution in [0, 0.1) is 0 Å². The van der Waals surface area contributed by atoms with Crippen LogP contribution in [0.25, 0.3) is 10.2 Å². The van der Waals surface area contributed by atoms with E-state index in [0.717, 1.165) is 0 Å². The largest absolute Gasteiger partial charge is 0.505 e. The monoisotopic (exact) mass is 330 g/mol. The van der Waals surface area contributed by atoms with Crippen molar-refractivity contribution in [1.29, 1.82) is 0 Å². The van der Waals surface area contributed by atoms with Crippen molar-refractivity contribution < 1.29 is 19.4 Å². The predicted molar refractivity (Wildman–Crippen MR) is 84.6 cm³/mol. The molecule has 0 saturated carbocycles. The summed E-state index contributed by atoms with van der Waals surface area (Å²) in [5, 5.41) is 14.5. The van der Waals surface area contributed by atoms with E-state index in [1.807, 2.05) is 0 Å². The van der Waals surface area contributed by atoms with Crippen LogP contribution >= 0.6 is 11.3 Å². The van der Waals surface area contributed by atoms with Gasteiger partial charge in [-0.2, -0.15) is 0 Å². The molecular formula is C15H10N2O5S. The Balaban J connectivity index is 1.71. The van der Waals surface area contributed by atoms with Crippen LogP contribution in [0.3, 0.4) is 0 Å². The Kier molecular flexibility index (Phi) is 2.98. The molecule has 0 bridgehead atoms. The summed E-state index contributed by atoms with van der Waals surface area (Å²) in [5.74, 6) is 0.0771. The first-order chi connectivity index (χ1) is 11.1. The van der Waals surface area contributed by atoms with Crippen LogP contribution in [0.4, 0.5) is 5.69 Å². The Hall–Kier alpha value is -3.00. The number of carbonyl (C=O) groups is 1. The molecule has 0 spiro atoms. The fourth-order valence-electron chi connectivity index (χ4n) is 2.38. The number of aromatic amines is 1. The third-order valence-corrected chi connectivity index (χ3v) is 4.37. The van der Waals surface area contributed by atoms with E-state index in [1.165, 1.54) is 11.3 Å². The molecule has 0 aliphatic carbocycles. The van der Waals surface area contributed by atoms with Crippen molar-refractivity contribution >= 4 is 33.1 Å². The van der Waals surface area contributed by atoms with Gasteiger partial charge in [-0.3, -0.25) is 9.59 Å². The first kappa shape index (κ1) is 13.6. The number of aromatic hydroxyl groups is 1. The minimum absolute atomic E-state index is 0.127. The van der Waals surface area contributed by atoms with Crippen molar-refractivity contribution in [2.24, 2.45) is 0 Å². The fraction of sp³-hybridized carbons (Fsp3) is 0.0667. The highest BCUT2D eigenvalue weighted by molar-refractivity contribution is 7.17. The van der Waals surface area contributed by atoms with Crippen LogP contribution in [-0.2, 0) is 0 Å². The highest BCUT2D eigenvalue weighted by Gasteiger charge is 2.21. The summed E-state index contributed by atoms with van der Waals surface area (Å²) in [6.45, 7) is 0.127. The van der Waals surface area contributed by atoms with Crippen LogP contribution in [0.1, 0.15) is 10.4 Å². The lowest BCUT2D eigenvalue weighted by Gasteiger charge is -2.07. The van der Waals surface area contributed by atoms with Gasteiger partial charge in [0.05, 0.1) is 10.2 Å². The molecule has 3 aromatic rings. The zero-order valence-electron chi connectivity index (χ0n) is 11.6. The first-order valence-corrected chi connectivity index (χ1v) is 7.55. The summed E-state index contributed by atoms with van der Waals surface area (Å²) >= 11 is 1.24. The molecule has 1 aliphatic heterocycles. The normalized spacial score (nSPS) is 12.5. The van der Waals surface area contributed by atoms with Crippen LogP contribution < -0.4 is 20.3 Å². The molecular weight excluding hydrogens is 320 g/mol. The average Bonchev–Trinajstić information content (AvgIpc) is 3.15. The molecule has 1 aromatic carbocycles. The minimum atomic E-state index is -0.696. The second-order valence-electron chi connectivity index (χ2n) is 4.86. The van der Waals surface area contributed by atoms with E-state index in [-0.39, 0.29) is 18.1 Å². The summed E-state index contributed by atoms with van der Waals surface area (Å²) in [4.78, 5) is 27.0. The van der Waals surface area contributed by atoms with Gasteiger partial charge in [0, 0.05) is 11.8 Å². The van der Waals surface area contributed by atoms with E-state index in [4.69, 9.17) is 9.47 Å². The third kappa shape index (κ3) is 2.20. The van der Waals surface area contributed by atoms with Crippen LogP contribution in [0.2, 0.25) is 0 Å². The lowest BCUT2D eigenvalue weighted by Crippen LogP contribution is -2.23. The molecule has 0 radical (unpaired) electrons. The lowest BCUT2D eigenvalue weighted by molar-refractivity contribution is 0.102. The Morgan fingerprint density at radius 1 is 1.26 bits per heavy atom. The van der Waals surface area contributed by atoms with Crippen molar-refractivity contribution in [3.63, 3.8) is 0 Å². The number of hydrogen-bond donors (Lipinski definition) is 3. The Bertz CT molecular complexity index is 991. The van der Waals surface area contributed by atoms with Gasteiger partial charge in [-0.25, -0.2) is 0 Å². The van der Waals surface area contributed by atoms with Crippen LogP contribution in [0.5, 0.6) is 17.2 Å². The van der Waals surface area contributed by atoms with Gasteiger partial charge in [0.2, 0.25) is 6.79 Å². The van der Waals surface area contributed by atoms with Crippen molar-refractivity contribution in [2.45, 2.75) is 0 Å². The molecule has 0 fully saturated rings. The maximum atomic E-state index is 12.4. The molecule has 8 heteroatoms. The number of fused-ring (bicyclic) bond motifs is 2. The number of H-pyrrole nitrogens is 1. The summed E-state index contributed by atoms with van der Waals surface area (Å²) in [7, 11) is 0. The van der Waals surface area contributed by atoms with Gasteiger partial charge in [-0.1, -0.05) is 0 Å². The van der Waals surface area contributed by atoms with Crippen LogP contribution in [0.15, 0.2) is 34.4 Å². The standard InChI is InChI=1S/C15H10N2O5S/c18-12-11(15(20)17-8-3-4-23-13(8)12)14(19)16-7-1-2-9-10(5-7)22-6-21-9/h1-5H,6H2,(H,16,19)(H2,17,18,20). The van der Waals surface area contributed by atoms with E-state index in [0.29, 0.717) is 27.4 Å². The minimum Gasteiger partial charge on any atom is -0.505 e. The van der Waals surface area contributed by atoms with E-state index in [1.54, 1.807) is 29.6 Å². The molecule has 2 aromatic heterocycles. The number of carbonyl (C=O) groups excluding carboxylic acids is 1. The fourth-order valence-corrected chi connectivity index (χ4v) is 3.18. The number of pyridine rings is 1. The van der Waals surface area contributed by atoms with E-state index >= 15 is 0 Å². The molecule has 0 atom stereocenters. The predicted octanol–water partition coefficient (Wildman–Crippen LogP) is 2.28. The SMILES string of the molecule is O=C(Nc1ccc2c(c1)OCO2)c1c(O)c2sccc2[nH]c1=O. The Morgan fingerprint density at radius 3 is 2.96 bits per heavy atom. The Labute approximate surface area is 133 Å². The summed E-state index contributed by atoms with van der Waals surface area (Å²) in [6.07, 6.45) is 0. The molecule has 1 aliphatic rings. The Morgan fingerprint density at radius 2 is 2.09 bits per heavy atom. The second-order valence-corrected chi connectivity index (χ2v) is 5.78. The molecule has 1 amide bonds. The zero-order valence-corrected chi connectivity index (χ0v) is 12.4. The van der Waals surface area contributed by atoms with Crippen molar-refractivity contribution in [3.05, 3.63) is 45.6 Å². The van der Waals surface area contributed by atoms with Gasteiger partial charge in [-0.05, 0) is 23.6 Å². The highest BCUT2D eigenvalue weighted by Crippen LogP contribution is 2.35. The molecule has 116 valence electrons. The van der Waals surface area contributed by atoms with E-state index in [2.05, 4.69) is 10.3 Å². The average molecular weight is 330 g/mol.